The summed E-state index contributed by atoms with van der Waals surface area (Å²) in [6.07, 6.45) is 0.908. The summed E-state index contributed by atoms with van der Waals surface area (Å²) in [7, 11) is 0. The number of benzene rings is 2. The van der Waals surface area contributed by atoms with Gasteiger partial charge in [-0.2, -0.15) is 0 Å². The lowest BCUT2D eigenvalue weighted by Crippen LogP contribution is -2.08. The Hall–Kier alpha value is -1.67. The van der Waals surface area contributed by atoms with Crippen LogP contribution in [0.5, 0.6) is 0 Å². The van der Waals surface area contributed by atoms with Gasteiger partial charge in [0.1, 0.15) is 5.82 Å². The molecule has 19 heavy (non-hydrogen) atoms. The Balaban J connectivity index is 2.54. The number of aryl methyl sites for hydroxylation is 2. The molecule has 2 aromatic rings. The maximum atomic E-state index is 13.4. The number of hydrogen-bond donors (Lipinski definition) is 1. The second-order valence-electron chi connectivity index (χ2n) is 5.05. The minimum Gasteiger partial charge on any atom is -0.324 e. The highest BCUT2D eigenvalue weighted by atomic mass is 19.1. The number of nitrogens with two attached hydrogens (primary N) is 1. The first-order valence-corrected chi connectivity index (χ1v) is 6.65. The minimum atomic E-state index is -0.180. The summed E-state index contributed by atoms with van der Waals surface area (Å²) in [5, 5.41) is 0. The molecule has 0 heterocycles. The van der Waals surface area contributed by atoms with Gasteiger partial charge in [0.15, 0.2) is 0 Å². The van der Waals surface area contributed by atoms with Crippen LogP contribution in [0.15, 0.2) is 36.4 Å². The topological polar surface area (TPSA) is 26.0 Å². The maximum absolute atomic E-state index is 13.4. The van der Waals surface area contributed by atoms with Crippen molar-refractivity contribution in [3.63, 3.8) is 0 Å². The summed E-state index contributed by atoms with van der Waals surface area (Å²) in [5.41, 5.74) is 11.3. The highest BCUT2D eigenvalue weighted by Gasteiger charge is 2.10. The van der Waals surface area contributed by atoms with E-state index in [0.29, 0.717) is 0 Å². The van der Waals surface area contributed by atoms with Crippen LogP contribution in [0.2, 0.25) is 0 Å². The summed E-state index contributed by atoms with van der Waals surface area (Å²) >= 11 is 0. The van der Waals surface area contributed by atoms with Crippen molar-refractivity contribution in [2.45, 2.75) is 33.2 Å². The van der Waals surface area contributed by atoms with Crippen LogP contribution in [0, 0.1) is 19.7 Å². The van der Waals surface area contributed by atoms with Crippen LogP contribution in [-0.4, -0.2) is 0 Å². The second kappa shape index (κ2) is 5.54. The van der Waals surface area contributed by atoms with Gasteiger partial charge >= 0.3 is 0 Å². The molecule has 1 atom stereocenters. The van der Waals surface area contributed by atoms with E-state index in [4.69, 9.17) is 5.73 Å². The fourth-order valence-electron chi connectivity index (χ4n) is 2.53. The zero-order valence-corrected chi connectivity index (χ0v) is 11.7. The number of halogens is 1. The Morgan fingerprint density at radius 1 is 1.11 bits per heavy atom. The maximum Gasteiger partial charge on any atom is 0.123 e. The van der Waals surface area contributed by atoms with Gasteiger partial charge < -0.3 is 5.73 Å². The predicted octanol–water partition coefficient (Wildman–Crippen LogP) is 4.52. The molecule has 2 aromatic carbocycles. The zero-order chi connectivity index (χ0) is 14.0. The van der Waals surface area contributed by atoms with Gasteiger partial charge in [0.25, 0.3) is 0 Å². The van der Waals surface area contributed by atoms with E-state index < -0.39 is 0 Å². The fourth-order valence-corrected chi connectivity index (χ4v) is 2.53. The minimum absolute atomic E-state index is 0.0565. The average Bonchev–Trinajstić information content (AvgIpc) is 2.37. The third-order valence-corrected chi connectivity index (χ3v) is 3.54. The van der Waals surface area contributed by atoms with Crippen LogP contribution < -0.4 is 5.73 Å². The lowest BCUT2D eigenvalue weighted by Gasteiger charge is -2.14. The molecule has 0 fully saturated rings. The largest absolute Gasteiger partial charge is 0.324 e. The van der Waals surface area contributed by atoms with Crippen LogP contribution in [0.25, 0.3) is 11.1 Å². The van der Waals surface area contributed by atoms with Gasteiger partial charge in [-0.25, -0.2) is 4.39 Å². The smallest absolute Gasteiger partial charge is 0.123 e. The highest BCUT2D eigenvalue weighted by Crippen LogP contribution is 2.30. The average molecular weight is 257 g/mol. The molecule has 0 aliphatic rings. The molecule has 0 amide bonds. The van der Waals surface area contributed by atoms with Crippen LogP contribution in [0.1, 0.15) is 36.1 Å². The van der Waals surface area contributed by atoms with Crippen molar-refractivity contribution < 1.29 is 4.39 Å². The number of hydrogen-bond acceptors (Lipinski definition) is 1. The molecule has 2 rings (SSSR count). The van der Waals surface area contributed by atoms with Crippen LogP contribution in [0.4, 0.5) is 4.39 Å². The molecule has 0 radical (unpaired) electrons. The van der Waals surface area contributed by atoms with E-state index in [1.165, 1.54) is 0 Å². The van der Waals surface area contributed by atoms with Gasteiger partial charge in [-0.3, -0.25) is 0 Å². The lowest BCUT2D eigenvalue weighted by molar-refractivity contribution is 0.625. The summed E-state index contributed by atoms with van der Waals surface area (Å²) in [4.78, 5) is 0. The molecule has 0 bridgehead atoms. The summed E-state index contributed by atoms with van der Waals surface area (Å²) in [6, 6.07) is 11.4. The molecular formula is C17H20FN. The van der Waals surface area contributed by atoms with Crippen molar-refractivity contribution in [3.05, 3.63) is 58.9 Å². The molecule has 0 saturated carbocycles. The third kappa shape index (κ3) is 2.85. The molecule has 1 nitrogen and oxygen atoms in total. The van der Waals surface area contributed by atoms with E-state index >= 15 is 0 Å². The normalized spacial score (nSPS) is 12.5. The van der Waals surface area contributed by atoms with Crippen LogP contribution in [0.3, 0.4) is 0 Å². The lowest BCUT2D eigenvalue weighted by atomic mass is 9.93. The molecule has 2 heteroatoms. The monoisotopic (exact) mass is 257 g/mol. The van der Waals surface area contributed by atoms with E-state index in [1.54, 1.807) is 12.1 Å². The highest BCUT2D eigenvalue weighted by molar-refractivity contribution is 5.71. The van der Waals surface area contributed by atoms with Crippen molar-refractivity contribution in [1.82, 2.24) is 0 Å². The Labute approximate surface area is 114 Å². The zero-order valence-electron chi connectivity index (χ0n) is 11.7. The quantitative estimate of drug-likeness (QED) is 0.859. The first-order valence-electron chi connectivity index (χ1n) is 6.65. The van der Waals surface area contributed by atoms with Crippen molar-refractivity contribution in [1.29, 1.82) is 0 Å². The fraction of sp³-hybridized carbons (Fsp3) is 0.294. The molecule has 0 aliphatic heterocycles. The summed E-state index contributed by atoms with van der Waals surface area (Å²) in [5.74, 6) is -0.180. The van der Waals surface area contributed by atoms with Gasteiger partial charge in [-0.15, -0.1) is 0 Å². The molecular weight excluding hydrogens is 237 g/mol. The second-order valence-corrected chi connectivity index (χ2v) is 5.05. The van der Waals surface area contributed by atoms with E-state index in [9.17, 15) is 4.39 Å². The van der Waals surface area contributed by atoms with E-state index in [2.05, 4.69) is 19.1 Å². The Morgan fingerprint density at radius 3 is 2.32 bits per heavy atom. The molecule has 100 valence electrons. The van der Waals surface area contributed by atoms with Gasteiger partial charge in [0, 0.05) is 6.04 Å². The van der Waals surface area contributed by atoms with Crippen molar-refractivity contribution >= 4 is 0 Å². The van der Waals surface area contributed by atoms with Crippen molar-refractivity contribution in [2.75, 3.05) is 0 Å². The Bertz CT molecular complexity index is 567. The Kier molecular flexibility index (Phi) is 4.01. The molecule has 0 aliphatic carbocycles. The SMILES string of the molecule is CCC(N)c1cccc(-c2c(C)cc(F)cc2C)c1. The molecule has 2 N–H and O–H groups in total. The summed E-state index contributed by atoms with van der Waals surface area (Å²) < 4.78 is 13.4. The molecule has 1 unspecified atom stereocenters. The first-order chi connectivity index (χ1) is 9.02. The van der Waals surface area contributed by atoms with Gasteiger partial charge in [-0.1, -0.05) is 25.1 Å². The van der Waals surface area contributed by atoms with E-state index in [0.717, 1.165) is 34.2 Å². The van der Waals surface area contributed by atoms with Crippen LogP contribution >= 0.6 is 0 Å². The van der Waals surface area contributed by atoms with E-state index in [1.807, 2.05) is 26.0 Å². The molecule has 0 aromatic heterocycles. The third-order valence-electron chi connectivity index (χ3n) is 3.54. The van der Waals surface area contributed by atoms with Gasteiger partial charge in [0.05, 0.1) is 0 Å². The standard InChI is InChI=1S/C17H20FN/c1-4-16(19)13-6-5-7-14(10-13)17-11(2)8-15(18)9-12(17)3/h5-10,16H,4,19H2,1-3H3. The first kappa shape index (κ1) is 13.8. The van der Waals surface area contributed by atoms with Crippen LogP contribution in [-0.2, 0) is 0 Å². The number of rotatable bonds is 3. The van der Waals surface area contributed by atoms with Crippen molar-refractivity contribution in [3.8, 4) is 11.1 Å². The van der Waals surface area contributed by atoms with Gasteiger partial charge in [0.2, 0.25) is 0 Å². The molecule has 0 spiro atoms. The predicted molar refractivity (Wildman–Crippen MR) is 78.5 cm³/mol. The Morgan fingerprint density at radius 2 is 1.74 bits per heavy atom. The summed E-state index contributed by atoms with van der Waals surface area (Å²) in [6.45, 7) is 5.96. The van der Waals surface area contributed by atoms with Crippen molar-refractivity contribution in [2.24, 2.45) is 5.73 Å². The van der Waals surface area contributed by atoms with E-state index in [-0.39, 0.29) is 11.9 Å². The molecule has 0 saturated heterocycles. The van der Waals surface area contributed by atoms with Gasteiger partial charge in [-0.05, 0) is 66.3 Å².